The average molecular weight is 461 g/mol. The van der Waals surface area contributed by atoms with Gasteiger partial charge in [-0.25, -0.2) is 15.1 Å². The van der Waals surface area contributed by atoms with Gasteiger partial charge in [-0.3, -0.25) is 4.18 Å². The Bertz CT molecular complexity index is 1240. The largest absolute Gasteiger partial charge is 0.454 e. The topological polar surface area (TPSA) is 139 Å². The number of ether oxygens (including phenoxy) is 2. The Balaban J connectivity index is 1.31. The van der Waals surface area contributed by atoms with Crippen LogP contribution < -0.4 is 14.6 Å². The van der Waals surface area contributed by atoms with E-state index in [0.29, 0.717) is 12.8 Å². The summed E-state index contributed by atoms with van der Waals surface area (Å²) < 4.78 is 39.7. The molecule has 1 fully saturated rings. The molecule has 3 N–H and O–H groups in total. The van der Waals surface area contributed by atoms with Crippen molar-refractivity contribution in [1.29, 1.82) is 0 Å². The number of aromatic nitrogens is 3. The van der Waals surface area contributed by atoms with Crippen LogP contribution in [0.1, 0.15) is 30.1 Å². The molecule has 0 amide bonds. The molecule has 11 heteroatoms. The van der Waals surface area contributed by atoms with E-state index in [-0.39, 0.29) is 25.4 Å². The van der Waals surface area contributed by atoms with Gasteiger partial charge >= 0.3 is 10.3 Å². The van der Waals surface area contributed by atoms with Crippen LogP contribution in [-0.2, 0) is 27.3 Å². The summed E-state index contributed by atoms with van der Waals surface area (Å²) in [6, 6.07) is 7.92. The number of aliphatic hydroxyl groups is 1. The van der Waals surface area contributed by atoms with Gasteiger partial charge in [0.05, 0.1) is 18.4 Å². The normalized spacial score (nSPS) is 22.6. The van der Waals surface area contributed by atoms with Gasteiger partial charge in [0.2, 0.25) is 6.79 Å². The first-order valence-electron chi connectivity index (χ1n) is 10.4. The molecule has 0 radical (unpaired) electrons. The fourth-order valence-electron chi connectivity index (χ4n) is 4.54. The molecule has 2 aliphatic rings. The lowest BCUT2D eigenvalue weighted by Gasteiger charge is -2.14. The van der Waals surface area contributed by atoms with Crippen LogP contribution in [0.5, 0.6) is 11.5 Å². The molecule has 1 aromatic carbocycles. The smallest absolute Gasteiger partial charge is 0.333 e. The van der Waals surface area contributed by atoms with Gasteiger partial charge in [-0.15, -0.1) is 0 Å². The Morgan fingerprint density at radius 3 is 2.84 bits per heavy atom. The number of fused-ring (bicyclic) bond motifs is 2. The van der Waals surface area contributed by atoms with Crippen molar-refractivity contribution in [2.75, 3.05) is 13.4 Å². The number of benzene rings is 1. The van der Waals surface area contributed by atoms with Crippen LogP contribution in [0, 0.1) is 5.92 Å². The Hall–Kier alpha value is -2.73. The first kappa shape index (κ1) is 21.1. The van der Waals surface area contributed by atoms with Crippen molar-refractivity contribution in [1.82, 2.24) is 14.5 Å². The van der Waals surface area contributed by atoms with Crippen LogP contribution in [0.3, 0.4) is 0 Å². The molecule has 1 aliphatic carbocycles. The van der Waals surface area contributed by atoms with Crippen molar-refractivity contribution >= 4 is 21.3 Å². The monoisotopic (exact) mass is 460 g/mol. The lowest BCUT2D eigenvalue weighted by Crippen LogP contribution is -2.24. The Kier molecular flexibility index (Phi) is 5.49. The summed E-state index contributed by atoms with van der Waals surface area (Å²) >= 11 is 0. The number of aryl methyl sites for hydroxylation is 2. The van der Waals surface area contributed by atoms with Gasteiger partial charge in [-0.1, -0.05) is 6.07 Å². The summed E-state index contributed by atoms with van der Waals surface area (Å²) in [4.78, 5) is 8.96. The van der Waals surface area contributed by atoms with Gasteiger partial charge in [-0.2, -0.15) is 8.42 Å². The van der Waals surface area contributed by atoms with Crippen molar-refractivity contribution in [3.05, 3.63) is 48.0 Å². The molecule has 32 heavy (non-hydrogen) atoms. The summed E-state index contributed by atoms with van der Waals surface area (Å²) in [5.41, 5.74) is 2.88. The lowest BCUT2D eigenvalue weighted by atomic mass is 10.1. The van der Waals surface area contributed by atoms with E-state index in [1.165, 1.54) is 0 Å². The minimum absolute atomic E-state index is 0.0202. The maximum absolute atomic E-state index is 11.1. The molecule has 2 aromatic heterocycles. The molecule has 1 saturated carbocycles. The minimum atomic E-state index is -4.03. The van der Waals surface area contributed by atoms with Crippen LogP contribution in [0.15, 0.2) is 36.8 Å². The van der Waals surface area contributed by atoms with E-state index in [4.69, 9.17) is 18.8 Å². The standard InChI is InChI=1S/C21H24N4O6S/c22-32(27,28)31-10-14-8-15(9-18(14)26)25-6-5-16-17(23-11-24-21(16)25)3-1-13-2-4-19-20(7-13)30-12-29-19/h2,4-7,11,14-15,18,26H,1,3,8-10,12H2,(H2,22,27,28)/t14-,15+,18-/m0/s1. The zero-order valence-electron chi connectivity index (χ0n) is 17.3. The van der Waals surface area contributed by atoms with Crippen LogP contribution >= 0.6 is 0 Å². The third-order valence-corrected chi connectivity index (χ3v) is 6.62. The van der Waals surface area contributed by atoms with Crippen LogP contribution in [0.25, 0.3) is 11.0 Å². The molecule has 170 valence electrons. The first-order valence-corrected chi connectivity index (χ1v) is 11.9. The van der Waals surface area contributed by atoms with Crippen molar-refractivity contribution in [3.63, 3.8) is 0 Å². The van der Waals surface area contributed by atoms with Gasteiger partial charge in [0, 0.05) is 23.5 Å². The second-order valence-electron chi connectivity index (χ2n) is 8.20. The highest BCUT2D eigenvalue weighted by atomic mass is 32.2. The zero-order chi connectivity index (χ0) is 22.3. The molecule has 0 saturated heterocycles. The van der Waals surface area contributed by atoms with Crippen LogP contribution in [-0.4, -0.2) is 47.6 Å². The molecule has 5 rings (SSSR count). The van der Waals surface area contributed by atoms with Crippen LogP contribution in [0.4, 0.5) is 0 Å². The molecule has 0 bridgehead atoms. The number of hydrogen-bond acceptors (Lipinski definition) is 8. The van der Waals surface area contributed by atoms with Crippen molar-refractivity contribution in [2.45, 2.75) is 37.8 Å². The number of rotatable bonds is 7. The molecule has 0 spiro atoms. The second kappa shape index (κ2) is 8.32. The first-order chi connectivity index (χ1) is 15.4. The quantitative estimate of drug-likeness (QED) is 0.541. The van der Waals surface area contributed by atoms with Gasteiger partial charge in [-0.05, 0) is 49.4 Å². The van der Waals surface area contributed by atoms with Gasteiger partial charge in [0.15, 0.2) is 11.5 Å². The van der Waals surface area contributed by atoms with E-state index in [1.54, 1.807) is 6.33 Å². The van der Waals surface area contributed by atoms with Gasteiger partial charge < -0.3 is 19.1 Å². The lowest BCUT2D eigenvalue weighted by molar-refractivity contribution is 0.100. The average Bonchev–Trinajstić information content (AvgIpc) is 3.47. The summed E-state index contributed by atoms with van der Waals surface area (Å²) in [5, 5.41) is 16.3. The molecule has 3 aromatic rings. The van der Waals surface area contributed by atoms with Crippen LogP contribution in [0.2, 0.25) is 0 Å². The summed E-state index contributed by atoms with van der Waals surface area (Å²) in [6.07, 6.45) is 5.41. The molecule has 10 nitrogen and oxygen atoms in total. The molecule has 0 unspecified atom stereocenters. The third kappa shape index (κ3) is 4.29. The van der Waals surface area contributed by atoms with E-state index in [0.717, 1.165) is 46.6 Å². The van der Waals surface area contributed by atoms with Gasteiger partial charge in [0.1, 0.15) is 12.0 Å². The van der Waals surface area contributed by atoms with E-state index in [2.05, 4.69) is 9.97 Å². The van der Waals surface area contributed by atoms with Crippen molar-refractivity contribution < 1.29 is 27.2 Å². The van der Waals surface area contributed by atoms with E-state index < -0.39 is 16.4 Å². The molecule has 3 atom stereocenters. The van der Waals surface area contributed by atoms with E-state index >= 15 is 0 Å². The maximum Gasteiger partial charge on any atom is 0.333 e. The predicted octanol–water partition coefficient (Wildman–Crippen LogP) is 1.48. The number of hydrogen-bond donors (Lipinski definition) is 2. The number of aliphatic hydroxyl groups excluding tert-OH is 1. The summed E-state index contributed by atoms with van der Waals surface area (Å²) in [5.74, 6) is 1.21. The van der Waals surface area contributed by atoms with Crippen molar-refractivity contribution in [3.8, 4) is 11.5 Å². The van der Waals surface area contributed by atoms with E-state index in [1.807, 2.05) is 35.0 Å². The second-order valence-corrected chi connectivity index (χ2v) is 9.42. The molecular weight excluding hydrogens is 436 g/mol. The highest BCUT2D eigenvalue weighted by Crippen LogP contribution is 2.37. The Labute approximate surface area is 185 Å². The molecular formula is C21H24N4O6S. The fraction of sp³-hybridized carbons (Fsp3) is 0.429. The Morgan fingerprint density at radius 1 is 1.16 bits per heavy atom. The predicted molar refractivity (Wildman–Crippen MR) is 114 cm³/mol. The molecule has 1 aliphatic heterocycles. The zero-order valence-corrected chi connectivity index (χ0v) is 18.1. The summed E-state index contributed by atoms with van der Waals surface area (Å²) in [6.45, 7) is 0.120. The number of nitrogens with zero attached hydrogens (tertiary/aromatic N) is 3. The SMILES string of the molecule is NS(=O)(=O)OC[C@@H]1C[C@@H](n2ccc3c(CCc4ccc5c(c4)OCO5)ncnc32)C[C@@H]1O. The van der Waals surface area contributed by atoms with Gasteiger partial charge in [0.25, 0.3) is 0 Å². The van der Waals surface area contributed by atoms with Crippen molar-refractivity contribution in [2.24, 2.45) is 11.1 Å². The maximum atomic E-state index is 11.1. The minimum Gasteiger partial charge on any atom is -0.454 e. The number of nitrogens with two attached hydrogens (primary N) is 1. The third-order valence-electron chi connectivity index (χ3n) is 6.15. The highest BCUT2D eigenvalue weighted by Gasteiger charge is 2.35. The highest BCUT2D eigenvalue weighted by molar-refractivity contribution is 7.84. The Morgan fingerprint density at radius 2 is 2.00 bits per heavy atom. The van der Waals surface area contributed by atoms with E-state index in [9.17, 15) is 13.5 Å². The molecule has 3 heterocycles. The summed E-state index contributed by atoms with van der Waals surface area (Å²) in [7, 11) is -4.03. The fourth-order valence-corrected chi connectivity index (χ4v) is 4.90.